The van der Waals surface area contributed by atoms with E-state index in [0.717, 1.165) is 5.56 Å². The van der Waals surface area contributed by atoms with Crippen LogP contribution in [0.2, 0.25) is 0 Å². The molecule has 2 atom stereocenters. The molecular formula is C20H22N2O4S. The number of furan rings is 1. The van der Waals surface area contributed by atoms with E-state index < -0.39 is 9.84 Å². The number of hydrogen-bond acceptors (Lipinski definition) is 5. The van der Waals surface area contributed by atoms with E-state index in [0.29, 0.717) is 19.6 Å². The fraction of sp³-hybridized carbons (Fsp3) is 0.350. The molecule has 4 rings (SSSR count). The van der Waals surface area contributed by atoms with Gasteiger partial charge in [0.2, 0.25) is 0 Å². The van der Waals surface area contributed by atoms with E-state index in [2.05, 4.69) is 11.0 Å². The smallest absolute Gasteiger partial charge is 0.289 e. The van der Waals surface area contributed by atoms with Crippen LogP contribution in [0.4, 0.5) is 0 Å². The van der Waals surface area contributed by atoms with Gasteiger partial charge >= 0.3 is 0 Å². The molecule has 1 aromatic carbocycles. The van der Waals surface area contributed by atoms with Crippen molar-refractivity contribution in [3.8, 4) is 0 Å². The highest BCUT2D eigenvalue weighted by atomic mass is 32.2. The largest absolute Gasteiger partial charge is 0.459 e. The quantitative estimate of drug-likeness (QED) is 0.803. The molecule has 1 aromatic heterocycles. The van der Waals surface area contributed by atoms with Gasteiger partial charge in [-0.1, -0.05) is 42.5 Å². The Bertz CT molecular complexity index is 922. The van der Waals surface area contributed by atoms with E-state index in [1.165, 1.54) is 6.26 Å². The second-order valence-electron chi connectivity index (χ2n) is 7.00. The highest BCUT2D eigenvalue weighted by Gasteiger charge is 2.48. The summed E-state index contributed by atoms with van der Waals surface area (Å²) in [6.07, 6.45) is 5.56. The summed E-state index contributed by atoms with van der Waals surface area (Å²) in [6.45, 7) is 1.80. The molecule has 0 saturated carbocycles. The molecule has 1 amide bonds. The van der Waals surface area contributed by atoms with Crippen molar-refractivity contribution in [2.75, 3.05) is 31.1 Å². The van der Waals surface area contributed by atoms with Crippen LogP contribution in [0.1, 0.15) is 16.1 Å². The van der Waals surface area contributed by atoms with Crippen molar-refractivity contribution in [1.29, 1.82) is 0 Å². The molecule has 6 nitrogen and oxygen atoms in total. The van der Waals surface area contributed by atoms with E-state index in [1.54, 1.807) is 17.0 Å². The van der Waals surface area contributed by atoms with Gasteiger partial charge in [-0.2, -0.15) is 0 Å². The Morgan fingerprint density at radius 1 is 1.07 bits per heavy atom. The molecular weight excluding hydrogens is 364 g/mol. The van der Waals surface area contributed by atoms with Crippen LogP contribution in [-0.4, -0.2) is 67.3 Å². The zero-order chi connectivity index (χ0) is 18.9. The summed E-state index contributed by atoms with van der Waals surface area (Å²) in [5.74, 6) is 0.143. The maximum absolute atomic E-state index is 12.7. The average Bonchev–Trinajstić information content (AvgIpc) is 3.29. The Kier molecular flexibility index (Phi) is 4.88. The second-order valence-corrected chi connectivity index (χ2v) is 9.15. The van der Waals surface area contributed by atoms with Crippen LogP contribution >= 0.6 is 0 Å². The second kappa shape index (κ2) is 7.32. The van der Waals surface area contributed by atoms with Crippen LogP contribution in [-0.2, 0) is 9.84 Å². The molecule has 3 heterocycles. The first kappa shape index (κ1) is 18.0. The minimum Gasteiger partial charge on any atom is -0.459 e. The summed E-state index contributed by atoms with van der Waals surface area (Å²) < 4.78 is 29.8. The molecule has 2 aliphatic rings. The third-order valence-electron chi connectivity index (χ3n) is 5.23. The van der Waals surface area contributed by atoms with Crippen molar-refractivity contribution in [2.24, 2.45) is 0 Å². The molecule has 0 unspecified atom stereocenters. The number of benzene rings is 1. The van der Waals surface area contributed by atoms with Gasteiger partial charge in [-0.15, -0.1) is 0 Å². The van der Waals surface area contributed by atoms with Crippen LogP contribution in [0.3, 0.4) is 0 Å². The van der Waals surface area contributed by atoms with Crippen LogP contribution < -0.4 is 0 Å². The predicted octanol–water partition coefficient (Wildman–Crippen LogP) is 1.92. The Hall–Kier alpha value is -2.38. The topological polar surface area (TPSA) is 70.8 Å². The summed E-state index contributed by atoms with van der Waals surface area (Å²) in [7, 11) is -3.16. The van der Waals surface area contributed by atoms with Crippen LogP contribution in [0.15, 0.2) is 59.2 Å². The molecule has 0 radical (unpaired) electrons. The first-order valence-electron chi connectivity index (χ1n) is 9.04. The molecule has 0 bridgehead atoms. The molecule has 2 saturated heterocycles. The first-order valence-corrected chi connectivity index (χ1v) is 10.9. The number of piperazine rings is 1. The molecule has 0 spiro atoms. The van der Waals surface area contributed by atoms with Crippen molar-refractivity contribution in [1.82, 2.24) is 9.80 Å². The van der Waals surface area contributed by atoms with E-state index >= 15 is 0 Å². The lowest BCUT2D eigenvalue weighted by Gasteiger charge is -2.43. The standard InChI is InChI=1S/C20H22N2O4S/c23-20(19-9-5-13-26-19)22-12-11-21(17-14-27(24,25)15-18(17)22)10-4-8-16-6-2-1-3-7-16/h1-9,13,17-18H,10-12,14-15H2/b8-4+/t17-,18+/m1/s1. The number of nitrogens with zero attached hydrogens (tertiary/aromatic N) is 2. The van der Waals surface area contributed by atoms with Gasteiger partial charge in [0.05, 0.1) is 23.8 Å². The van der Waals surface area contributed by atoms with Crippen molar-refractivity contribution < 1.29 is 17.6 Å². The summed E-state index contributed by atoms with van der Waals surface area (Å²) in [5.41, 5.74) is 1.11. The Labute approximate surface area is 159 Å². The lowest BCUT2D eigenvalue weighted by atomic mass is 10.0. The Morgan fingerprint density at radius 2 is 1.85 bits per heavy atom. The van der Waals surface area contributed by atoms with Gasteiger partial charge in [0.15, 0.2) is 15.6 Å². The molecule has 0 aliphatic carbocycles. The van der Waals surface area contributed by atoms with Gasteiger partial charge in [0.25, 0.3) is 5.91 Å². The van der Waals surface area contributed by atoms with Crippen molar-refractivity contribution in [2.45, 2.75) is 12.1 Å². The van der Waals surface area contributed by atoms with Crippen LogP contribution in [0.5, 0.6) is 0 Å². The summed E-state index contributed by atoms with van der Waals surface area (Å²) in [4.78, 5) is 16.6. The number of amides is 1. The van der Waals surface area contributed by atoms with Gasteiger partial charge in [-0.25, -0.2) is 8.42 Å². The van der Waals surface area contributed by atoms with Gasteiger partial charge in [-0.05, 0) is 17.7 Å². The van der Waals surface area contributed by atoms with Crippen molar-refractivity contribution in [3.63, 3.8) is 0 Å². The molecule has 142 valence electrons. The van der Waals surface area contributed by atoms with Gasteiger partial charge < -0.3 is 9.32 Å². The minimum atomic E-state index is -3.16. The van der Waals surface area contributed by atoms with Crippen molar-refractivity contribution in [3.05, 3.63) is 66.1 Å². The fourth-order valence-electron chi connectivity index (χ4n) is 3.93. The molecule has 7 heteroatoms. The third-order valence-corrected chi connectivity index (χ3v) is 6.93. The van der Waals surface area contributed by atoms with E-state index in [9.17, 15) is 13.2 Å². The Balaban J connectivity index is 1.50. The van der Waals surface area contributed by atoms with Gasteiger partial charge in [-0.3, -0.25) is 9.69 Å². The first-order chi connectivity index (χ1) is 13.0. The van der Waals surface area contributed by atoms with Crippen molar-refractivity contribution >= 4 is 21.8 Å². The number of fused-ring (bicyclic) bond motifs is 1. The highest BCUT2D eigenvalue weighted by Crippen LogP contribution is 2.28. The molecule has 2 aliphatic heterocycles. The maximum Gasteiger partial charge on any atom is 0.289 e. The molecule has 27 heavy (non-hydrogen) atoms. The maximum atomic E-state index is 12.7. The Morgan fingerprint density at radius 3 is 2.59 bits per heavy atom. The SMILES string of the molecule is O=C(c1ccco1)N1CCN(C/C=C/c2ccccc2)[C@@H]2CS(=O)(=O)C[C@@H]21. The number of rotatable bonds is 4. The predicted molar refractivity (Wildman–Crippen MR) is 103 cm³/mol. The third kappa shape index (κ3) is 3.84. The van der Waals surface area contributed by atoms with Crippen LogP contribution in [0, 0.1) is 0 Å². The number of carbonyl (C=O) groups is 1. The normalized spacial score (nSPS) is 25.0. The van der Waals surface area contributed by atoms with E-state index in [1.807, 2.05) is 36.4 Å². The molecule has 2 fully saturated rings. The molecule has 0 N–H and O–H groups in total. The van der Waals surface area contributed by atoms with Crippen LogP contribution in [0.25, 0.3) is 6.08 Å². The number of hydrogen-bond donors (Lipinski definition) is 0. The van der Waals surface area contributed by atoms with Gasteiger partial charge in [0, 0.05) is 25.7 Å². The monoisotopic (exact) mass is 386 g/mol. The summed E-state index contributed by atoms with van der Waals surface area (Å²) in [5, 5.41) is 0. The fourth-order valence-corrected chi connectivity index (χ4v) is 5.95. The zero-order valence-corrected chi connectivity index (χ0v) is 15.7. The average molecular weight is 386 g/mol. The zero-order valence-electron chi connectivity index (χ0n) is 14.9. The van der Waals surface area contributed by atoms with Gasteiger partial charge in [0.1, 0.15) is 0 Å². The van der Waals surface area contributed by atoms with E-state index in [4.69, 9.17) is 4.42 Å². The summed E-state index contributed by atoms with van der Waals surface area (Å²) in [6, 6.07) is 12.8. The lowest BCUT2D eigenvalue weighted by molar-refractivity contribution is 0.0343. The highest BCUT2D eigenvalue weighted by molar-refractivity contribution is 7.91. The number of carbonyl (C=O) groups excluding carboxylic acids is 1. The lowest BCUT2D eigenvalue weighted by Crippen LogP contribution is -2.60. The number of sulfone groups is 1. The molecule has 2 aromatic rings. The summed E-state index contributed by atoms with van der Waals surface area (Å²) >= 11 is 0. The minimum absolute atomic E-state index is 0.0169. The van der Waals surface area contributed by atoms with E-state index in [-0.39, 0.29) is 35.3 Å².